The van der Waals surface area contributed by atoms with E-state index in [0.29, 0.717) is 42.2 Å². The van der Waals surface area contributed by atoms with Gasteiger partial charge in [0, 0.05) is 24.7 Å². The smallest absolute Gasteiger partial charge is 0.391 e. The van der Waals surface area contributed by atoms with Crippen molar-refractivity contribution < 1.29 is 14.3 Å². The third-order valence-corrected chi connectivity index (χ3v) is 9.36. The van der Waals surface area contributed by atoms with Crippen molar-refractivity contribution >= 4 is 39.6 Å². The van der Waals surface area contributed by atoms with Crippen molar-refractivity contribution in [3.05, 3.63) is 57.8 Å². The summed E-state index contributed by atoms with van der Waals surface area (Å²) in [5.41, 5.74) is 3.36. The number of nitrogens with one attached hydrogen (secondary N) is 1. The summed E-state index contributed by atoms with van der Waals surface area (Å²) in [4.78, 5) is 39.5. The Balaban J connectivity index is 1.21. The number of thiazole rings is 2. The van der Waals surface area contributed by atoms with Crippen LogP contribution >= 0.6 is 22.7 Å². The first-order valence-corrected chi connectivity index (χ1v) is 14.3. The molecule has 3 aromatic heterocycles. The van der Waals surface area contributed by atoms with E-state index in [9.17, 15) is 9.59 Å². The minimum absolute atomic E-state index is 0.0545. The van der Waals surface area contributed by atoms with Crippen LogP contribution in [0.1, 0.15) is 46.0 Å². The average Bonchev–Trinajstić information content (AvgIpc) is 3.67. The molecule has 1 N–H and O–H groups in total. The van der Waals surface area contributed by atoms with Crippen LogP contribution in [-0.2, 0) is 0 Å². The summed E-state index contributed by atoms with van der Waals surface area (Å²) in [5, 5.41) is 5.71. The maximum absolute atomic E-state index is 13.9. The quantitative estimate of drug-likeness (QED) is 0.366. The molecule has 2 aliphatic rings. The number of fused-ring (bicyclic) bond motifs is 2. The van der Waals surface area contributed by atoms with Crippen LogP contribution in [0.2, 0.25) is 0 Å². The number of benzene rings is 1. The fourth-order valence-electron chi connectivity index (χ4n) is 5.83. The van der Waals surface area contributed by atoms with Gasteiger partial charge in [-0.1, -0.05) is 36.2 Å². The van der Waals surface area contributed by atoms with E-state index in [1.54, 1.807) is 15.7 Å². The maximum atomic E-state index is 13.9. The Labute approximate surface area is 223 Å². The van der Waals surface area contributed by atoms with Crippen molar-refractivity contribution in [3.63, 3.8) is 0 Å². The van der Waals surface area contributed by atoms with E-state index in [4.69, 9.17) is 4.74 Å². The second-order valence-electron chi connectivity index (χ2n) is 9.98. The van der Waals surface area contributed by atoms with Gasteiger partial charge in [-0.25, -0.2) is 14.8 Å². The number of aryl methyl sites for hydroxylation is 3. The lowest BCUT2D eigenvalue weighted by atomic mass is 9.94. The van der Waals surface area contributed by atoms with Gasteiger partial charge < -0.3 is 15.0 Å². The molecule has 1 aliphatic carbocycles. The van der Waals surface area contributed by atoms with E-state index < -0.39 is 6.09 Å². The molecule has 0 spiro atoms. The standard InChI is InChI=1S/C27H29N5O3S2/c1-15-7-9-18(10-8-15)23-22(30-17(3)37-23)24(33)32-14-19-5-4-6-20(19)21(32)13-28-27(34)35-25-16(2)29-26-31(25)11-12-36-26/h7-12,19-21H,4-6,13-14H2,1-3H3,(H,28,34)/t19-,20-,21+/m0/s1. The van der Waals surface area contributed by atoms with Gasteiger partial charge in [-0.05, 0) is 51.0 Å². The zero-order valence-corrected chi connectivity index (χ0v) is 22.7. The molecule has 0 radical (unpaired) electrons. The van der Waals surface area contributed by atoms with Gasteiger partial charge in [0.25, 0.3) is 5.91 Å². The summed E-state index contributed by atoms with van der Waals surface area (Å²) in [6.45, 7) is 6.86. The van der Waals surface area contributed by atoms with Crippen LogP contribution < -0.4 is 10.1 Å². The Bertz CT molecular complexity index is 1470. The maximum Gasteiger partial charge on any atom is 0.414 e. The molecule has 4 heterocycles. The van der Waals surface area contributed by atoms with E-state index in [0.717, 1.165) is 39.7 Å². The Kier molecular flexibility index (Phi) is 6.24. The number of aromatic nitrogens is 3. The van der Waals surface area contributed by atoms with E-state index in [-0.39, 0.29) is 11.9 Å². The summed E-state index contributed by atoms with van der Waals surface area (Å²) < 4.78 is 7.41. The molecule has 0 unspecified atom stereocenters. The van der Waals surface area contributed by atoms with Crippen LogP contribution in [0.3, 0.4) is 0 Å². The van der Waals surface area contributed by atoms with E-state index in [1.807, 2.05) is 30.3 Å². The Hall–Kier alpha value is -3.24. The van der Waals surface area contributed by atoms with Gasteiger partial charge in [-0.2, -0.15) is 0 Å². The van der Waals surface area contributed by atoms with Gasteiger partial charge in [0.2, 0.25) is 5.88 Å². The molecular weight excluding hydrogens is 506 g/mol. The van der Waals surface area contributed by atoms with Gasteiger partial charge in [-0.3, -0.25) is 9.20 Å². The molecule has 4 aromatic rings. The zero-order valence-electron chi connectivity index (χ0n) is 21.1. The normalized spacial score (nSPS) is 20.9. The van der Waals surface area contributed by atoms with Crippen LogP contribution in [0.25, 0.3) is 15.4 Å². The molecule has 1 saturated carbocycles. The molecule has 192 valence electrons. The van der Waals surface area contributed by atoms with Crippen molar-refractivity contribution in [3.8, 4) is 16.3 Å². The van der Waals surface area contributed by atoms with Gasteiger partial charge in [0.15, 0.2) is 4.96 Å². The molecule has 1 saturated heterocycles. The van der Waals surface area contributed by atoms with Crippen LogP contribution in [0.4, 0.5) is 4.79 Å². The third-order valence-electron chi connectivity index (χ3n) is 7.58. The SMILES string of the molecule is Cc1ccc(-c2sc(C)nc2C(=O)N2C[C@@H]3CCC[C@@H]3[C@H]2CNC(=O)Oc2c(C)nc3sccn23)cc1. The first-order valence-electron chi connectivity index (χ1n) is 12.6. The summed E-state index contributed by atoms with van der Waals surface area (Å²) in [6.07, 6.45) is 4.64. The molecule has 2 fully saturated rings. The van der Waals surface area contributed by atoms with Crippen molar-refractivity contribution in [2.24, 2.45) is 11.8 Å². The zero-order chi connectivity index (χ0) is 25.7. The number of nitrogens with zero attached hydrogens (tertiary/aromatic N) is 4. The number of ether oxygens (including phenoxy) is 1. The highest BCUT2D eigenvalue weighted by Crippen LogP contribution is 2.43. The van der Waals surface area contributed by atoms with Gasteiger partial charge >= 0.3 is 6.09 Å². The number of hydrogen-bond donors (Lipinski definition) is 1. The molecule has 0 bridgehead atoms. The number of imidazole rings is 1. The summed E-state index contributed by atoms with van der Waals surface area (Å²) in [7, 11) is 0. The minimum atomic E-state index is -0.533. The van der Waals surface area contributed by atoms with E-state index in [2.05, 4.69) is 46.5 Å². The largest absolute Gasteiger partial charge is 0.414 e. The molecule has 3 atom stereocenters. The number of amides is 2. The molecule has 8 nitrogen and oxygen atoms in total. The summed E-state index contributed by atoms with van der Waals surface area (Å²) in [6, 6.07) is 8.13. The number of likely N-dealkylation sites (tertiary alicyclic amines) is 1. The summed E-state index contributed by atoms with van der Waals surface area (Å²) >= 11 is 3.04. The van der Waals surface area contributed by atoms with Gasteiger partial charge in [-0.15, -0.1) is 22.7 Å². The molecule has 2 amide bonds. The number of hydrogen-bond acceptors (Lipinski definition) is 7. The first kappa shape index (κ1) is 24.1. The highest BCUT2D eigenvalue weighted by Gasteiger charge is 2.47. The fraction of sp³-hybridized carbons (Fsp3) is 0.407. The van der Waals surface area contributed by atoms with Crippen molar-refractivity contribution in [2.45, 2.75) is 46.1 Å². The second-order valence-corrected chi connectivity index (χ2v) is 12.1. The van der Waals surface area contributed by atoms with Crippen LogP contribution in [0, 0.1) is 32.6 Å². The lowest BCUT2D eigenvalue weighted by molar-refractivity contribution is 0.0706. The number of carbonyl (C=O) groups is 2. The number of carbonyl (C=O) groups excluding carboxylic acids is 2. The third kappa shape index (κ3) is 4.42. The minimum Gasteiger partial charge on any atom is -0.391 e. The predicted molar refractivity (Wildman–Crippen MR) is 145 cm³/mol. The molecule has 1 aromatic carbocycles. The van der Waals surface area contributed by atoms with Crippen LogP contribution in [-0.4, -0.2) is 50.4 Å². The summed E-state index contributed by atoms with van der Waals surface area (Å²) in [5.74, 6) is 1.19. The van der Waals surface area contributed by atoms with Crippen molar-refractivity contribution in [1.29, 1.82) is 0 Å². The molecule has 1 aliphatic heterocycles. The van der Waals surface area contributed by atoms with Crippen LogP contribution in [0.15, 0.2) is 35.8 Å². The van der Waals surface area contributed by atoms with Crippen molar-refractivity contribution in [2.75, 3.05) is 13.1 Å². The molecule has 37 heavy (non-hydrogen) atoms. The predicted octanol–water partition coefficient (Wildman–Crippen LogP) is 5.47. The highest BCUT2D eigenvalue weighted by molar-refractivity contribution is 7.15. The Morgan fingerprint density at radius 2 is 1.95 bits per heavy atom. The van der Waals surface area contributed by atoms with E-state index >= 15 is 0 Å². The molecular formula is C27H29N5O3S2. The average molecular weight is 536 g/mol. The Morgan fingerprint density at radius 1 is 1.14 bits per heavy atom. The van der Waals surface area contributed by atoms with Crippen molar-refractivity contribution in [1.82, 2.24) is 24.6 Å². The lowest BCUT2D eigenvalue weighted by Crippen LogP contribution is -2.46. The molecule has 10 heteroatoms. The lowest BCUT2D eigenvalue weighted by Gasteiger charge is -2.28. The topological polar surface area (TPSA) is 88.8 Å². The van der Waals surface area contributed by atoms with Gasteiger partial charge in [0.05, 0.1) is 15.9 Å². The second kappa shape index (κ2) is 9.57. The van der Waals surface area contributed by atoms with E-state index in [1.165, 1.54) is 16.9 Å². The number of rotatable bonds is 5. The highest BCUT2D eigenvalue weighted by atomic mass is 32.1. The fourth-order valence-corrected chi connectivity index (χ4v) is 7.50. The molecule has 6 rings (SSSR count). The Morgan fingerprint density at radius 3 is 2.76 bits per heavy atom. The van der Waals surface area contributed by atoms with Gasteiger partial charge in [0.1, 0.15) is 11.4 Å². The van der Waals surface area contributed by atoms with Crippen LogP contribution in [0.5, 0.6) is 5.88 Å². The monoisotopic (exact) mass is 535 g/mol. The first-order chi connectivity index (χ1) is 17.9.